The normalized spacial score (nSPS) is 13.8. The van der Waals surface area contributed by atoms with Crippen LogP contribution in [0.25, 0.3) is 0 Å². The van der Waals surface area contributed by atoms with Crippen LogP contribution in [0.3, 0.4) is 0 Å². The molecule has 136 valence electrons. The second-order valence-corrected chi connectivity index (χ2v) is 4.82. The fourth-order valence-electron chi connectivity index (χ4n) is 1.51. The molecule has 0 spiro atoms. The van der Waals surface area contributed by atoms with Gasteiger partial charge >= 0.3 is 6.18 Å². The zero-order valence-electron chi connectivity index (χ0n) is 12.9. The van der Waals surface area contributed by atoms with Crippen LogP contribution in [0.4, 0.5) is 13.2 Å². The van der Waals surface area contributed by atoms with Crippen molar-refractivity contribution in [2.24, 2.45) is 5.73 Å². The van der Waals surface area contributed by atoms with Gasteiger partial charge in [-0.3, -0.25) is 4.84 Å². The summed E-state index contributed by atoms with van der Waals surface area (Å²) in [5.74, 6) is -0.117. The molecular weight excluding hydrogens is 337 g/mol. The van der Waals surface area contributed by atoms with Crippen molar-refractivity contribution in [1.29, 1.82) is 0 Å². The molecule has 0 saturated heterocycles. The molecule has 1 aromatic rings. The van der Waals surface area contributed by atoms with Gasteiger partial charge in [0.15, 0.2) is 18.1 Å². The first-order chi connectivity index (χ1) is 11.1. The van der Waals surface area contributed by atoms with Gasteiger partial charge in [0.2, 0.25) is 6.29 Å². The Kier molecular flexibility index (Phi) is 6.89. The summed E-state index contributed by atoms with van der Waals surface area (Å²) in [6.45, 7) is 1.44. The molecule has 1 rings (SSSR count). The molecule has 0 saturated carbocycles. The van der Waals surface area contributed by atoms with Crippen LogP contribution in [0.1, 0.15) is 13.8 Å². The maximum absolute atomic E-state index is 12.3. The molecular formula is C13H17F3N2O6. The SMILES string of the molecule is CC(N)COc1cc(OC(C)O[N+](=O)[O-])ccc1OCC(F)(F)F. The molecule has 24 heavy (non-hydrogen) atoms. The number of nitrogens with two attached hydrogens (primary N) is 1. The Bertz CT molecular complexity index is 553. The number of ether oxygens (including phenoxy) is 3. The second kappa shape index (κ2) is 8.43. The van der Waals surface area contributed by atoms with Gasteiger partial charge in [-0.2, -0.15) is 13.2 Å². The summed E-state index contributed by atoms with van der Waals surface area (Å²) in [5, 5.41) is 9.19. The summed E-state index contributed by atoms with van der Waals surface area (Å²) in [5.41, 5.74) is 5.54. The Balaban J connectivity index is 2.88. The van der Waals surface area contributed by atoms with Crippen molar-refractivity contribution >= 4 is 0 Å². The van der Waals surface area contributed by atoms with E-state index in [0.29, 0.717) is 0 Å². The van der Waals surface area contributed by atoms with Crippen molar-refractivity contribution < 1.29 is 37.3 Å². The molecule has 0 radical (unpaired) electrons. The lowest BCUT2D eigenvalue weighted by molar-refractivity contribution is -0.776. The third kappa shape index (κ3) is 7.72. The van der Waals surface area contributed by atoms with Crippen molar-refractivity contribution in [2.75, 3.05) is 13.2 Å². The van der Waals surface area contributed by atoms with Gasteiger partial charge in [0.1, 0.15) is 12.4 Å². The Labute approximate surface area is 135 Å². The van der Waals surface area contributed by atoms with Gasteiger partial charge in [-0.25, -0.2) is 0 Å². The van der Waals surface area contributed by atoms with E-state index in [1.54, 1.807) is 6.92 Å². The summed E-state index contributed by atoms with van der Waals surface area (Å²) >= 11 is 0. The summed E-state index contributed by atoms with van der Waals surface area (Å²) < 4.78 is 51.9. The Morgan fingerprint density at radius 1 is 1.25 bits per heavy atom. The van der Waals surface area contributed by atoms with Crippen molar-refractivity contribution in [1.82, 2.24) is 0 Å². The molecule has 0 aliphatic rings. The van der Waals surface area contributed by atoms with Crippen LogP contribution in [0.2, 0.25) is 0 Å². The number of halogens is 3. The van der Waals surface area contributed by atoms with Gasteiger partial charge in [0.25, 0.3) is 5.09 Å². The largest absolute Gasteiger partial charge is 0.488 e. The Morgan fingerprint density at radius 3 is 2.46 bits per heavy atom. The van der Waals surface area contributed by atoms with Gasteiger partial charge in [-0.1, -0.05) is 0 Å². The predicted molar refractivity (Wildman–Crippen MR) is 75.3 cm³/mol. The van der Waals surface area contributed by atoms with Crippen LogP contribution in [-0.4, -0.2) is 36.8 Å². The molecule has 0 bridgehead atoms. The highest BCUT2D eigenvalue weighted by Gasteiger charge is 2.29. The minimum Gasteiger partial charge on any atom is -0.488 e. The summed E-state index contributed by atoms with van der Waals surface area (Å²) in [6.07, 6.45) is -5.73. The molecule has 0 fully saturated rings. The Hall–Kier alpha value is -2.43. The van der Waals surface area contributed by atoms with E-state index in [-0.39, 0.29) is 29.9 Å². The van der Waals surface area contributed by atoms with E-state index in [0.717, 1.165) is 0 Å². The van der Waals surface area contributed by atoms with Crippen LogP contribution in [-0.2, 0) is 4.84 Å². The Morgan fingerprint density at radius 2 is 1.92 bits per heavy atom. The smallest absolute Gasteiger partial charge is 0.422 e. The quantitative estimate of drug-likeness (QED) is 0.412. The lowest BCUT2D eigenvalue weighted by atomic mass is 10.3. The first kappa shape index (κ1) is 19.6. The van der Waals surface area contributed by atoms with Gasteiger partial charge in [-0.15, -0.1) is 10.1 Å². The molecule has 1 aromatic carbocycles. The molecule has 8 nitrogen and oxygen atoms in total. The van der Waals surface area contributed by atoms with E-state index in [4.69, 9.17) is 15.2 Å². The zero-order valence-corrected chi connectivity index (χ0v) is 12.9. The monoisotopic (exact) mass is 354 g/mol. The molecule has 0 amide bonds. The average Bonchev–Trinajstić information content (AvgIpc) is 2.42. The van der Waals surface area contributed by atoms with Crippen LogP contribution >= 0.6 is 0 Å². The zero-order chi connectivity index (χ0) is 18.3. The number of benzene rings is 1. The van der Waals surface area contributed by atoms with Crippen molar-refractivity contribution in [3.63, 3.8) is 0 Å². The van der Waals surface area contributed by atoms with Gasteiger partial charge in [0, 0.05) is 12.1 Å². The third-order valence-electron chi connectivity index (χ3n) is 2.34. The van der Waals surface area contributed by atoms with Gasteiger partial charge in [0.05, 0.1) is 0 Å². The van der Waals surface area contributed by atoms with Crippen LogP contribution < -0.4 is 19.9 Å². The van der Waals surface area contributed by atoms with E-state index in [1.807, 2.05) is 0 Å². The highest BCUT2D eigenvalue weighted by molar-refractivity contribution is 5.45. The maximum Gasteiger partial charge on any atom is 0.422 e. The van der Waals surface area contributed by atoms with E-state index in [1.165, 1.54) is 25.1 Å². The fourth-order valence-corrected chi connectivity index (χ4v) is 1.51. The standard InChI is InChI=1S/C13H17F3N2O6/c1-8(17)6-21-12-5-10(23-9(2)24-18(19)20)3-4-11(12)22-7-13(14,15)16/h3-5,8-9H,6-7,17H2,1-2H3. The molecule has 0 heterocycles. The van der Waals surface area contributed by atoms with Crippen molar-refractivity contribution in [3.8, 4) is 17.2 Å². The van der Waals surface area contributed by atoms with Crippen LogP contribution in [0.15, 0.2) is 18.2 Å². The first-order valence-corrected chi connectivity index (χ1v) is 6.76. The highest BCUT2D eigenvalue weighted by Crippen LogP contribution is 2.33. The number of hydrogen-bond acceptors (Lipinski definition) is 7. The second-order valence-electron chi connectivity index (χ2n) is 4.82. The topological polar surface area (TPSA) is 106 Å². The first-order valence-electron chi connectivity index (χ1n) is 6.76. The molecule has 2 N–H and O–H groups in total. The van der Waals surface area contributed by atoms with E-state index < -0.39 is 24.2 Å². The number of hydrogen-bond donors (Lipinski definition) is 1. The molecule has 0 aliphatic carbocycles. The van der Waals surface area contributed by atoms with Crippen molar-refractivity contribution in [2.45, 2.75) is 32.4 Å². The maximum atomic E-state index is 12.3. The summed E-state index contributed by atoms with van der Waals surface area (Å²) in [7, 11) is 0. The summed E-state index contributed by atoms with van der Waals surface area (Å²) in [6, 6.07) is 3.32. The minimum atomic E-state index is -4.51. The molecule has 2 atom stereocenters. The van der Waals surface area contributed by atoms with Gasteiger partial charge in [-0.05, 0) is 26.0 Å². The number of rotatable bonds is 9. The highest BCUT2D eigenvalue weighted by atomic mass is 19.4. The van der Waals surface area contributed by atoms with E-state index in [9.17, 15) is 23.3 Å². The van der Waals surface area contributed by atoms with E-state index >= 15 is 0 Å². The molecule has 0 aromatic heterocycles. The van der Waals surface area contributed by atoms with Gasteiger partial charge < -0.3 is 19.9 Å². The lowest BCUT2D eigenvalue weighted by Gasteiger charge is -2.17. The van der Waals surface area contributed by atoms with Crippen LogP contribution in [0, 0.1) is 10.1 Å². The third-order valence-corrected chi connectivity index (χ3v) is 2.34. The average molecular weight is 354 g/mol. The summed E-state index contributed by atoms with van der Waals surface area (Å²) in [4.78, 5) is 14.4. The van der Waals surface area contributed by atoms with Crippen LogP contribution in [0.5, 0.6) is 17.2 Å². The lowest BCUT2D eigenvalue weighted by Crippen LogP contribution is -2.24. The fraction of sp³-hybridized carbons (Fsp3) is 0.538. The number of alkyl halides is 3. The molecule has 11 heteroatoms. The molecule has 2 unspecified atom stereocenters. The van der Waals surface area contributed by atoms with E-state index in [2.05, 4.69) is 9.57 Å². The molecule has 0 aliphatic heterocycles. The minimum absolute atomic E-state index is 0.0206. The predicted octanol–water partition coefficient (Wildman–Crippen LogP) is 2.29. The number of nitrogens with zero attached hydrogens (tertiary/aromatic N) is 1. The van der Waals surface area contributed by atoms with Crippen molar-refractivity contribution in [3.05, 3.63) is 28.3 Å².